The van der Waals surface area contributed by atoms with E-state index >= 15 is 0 Å². The van der Waals surface area contributed by atoms with Gasteiger partial charge < -0.3 is 24.3 Å². The summed E-state index contributed by atoms with van der Waals surface area (Å²) in [6.07, 6.45) is 1.53. The fourth-order valence-electron chi connectivity index (χ4n) is 3.02. The van der Waals surface area contributed by atoms with Gasteiger partial charge in [0.1, 0.15) is 11.9 Å². The number of ether oxygens (including phenoxy) is 1. The molecule has 8 heteroatoms. The Morgan fingerprint density at radius 3 is 2.43 bits per heavy atom. The number of benzene rings is 1. The summed E-state index contributed by atoms with van der Waals surface area (Å²) in [7, 11) is 1.77. The summed E-state index contributed by atoms with van der Waals surface area (Å²) in [5, 5.41) is 3.36. The van der Waals surface area contributed by atoms with E-state index in [1.807, 2.05) is 42.2 Å². The first-order chi connectivity index (χ1) is 13.2. The summed E-state index contributed by atoms with van der Waals surface area (Å²) < 4.78 is 11.1. The van der Waals surface area contributed by atoms with Gasteiger partial charge in [-0.3, -0.25) is 9.79 Å². The van der Waals surface area contributed by atoms with Crippen LogP contribution in [0, 0.1) is 0 Å². The third kappa shape index (κ3) is 5.88. The molecule has 28 heavy (non-hydrogen) atoms. The number of nitrogens with one attached hydrogen (secondary N) is 1. The molecule has 152 valence electrons. The molecule has 1 aliphatic rings. The van der Waals surface area contributed by atoms with Crippen LogP contribution in [0.3, 0.4) is 0 Å². The SMILES string of the molecule is CN=C(NCC(C)Oc1ccccc1)N1CCN(C(=O)c2ccco2)CC1.I. The number of carbonyl (C=O) groups is 1. The second kappa shape index (κ2) is 10.9. The minimum Gasteiger partial charge on any atom is -0.489 e. The van der Waals surface area contributed by atoms with Crippen molar-refractivity contribution in [3.8, 4) is 5.75 Å². The van der Waals surface area contributed by atoms with E-state index < -0.39 is 0 Å². The predicted octanol–water partition coefficient (Wildman–Crippen LogP) is 2.70. The molecule has 1 fully saturated rings. The largest absolute Gasteiger partial charge is 0.489 e. The zero-order valence-electron chi connectivity index (χ0n) is 16.2. The number of furan rings is 1. The molecule has 0 bridgehead atoms. The van der Waals surface area contributed by atoms with Crippen LogP contribution in [0.4, 0.5) is 0 Å². The highest BCUT2D eigenvalue weighted by molar-refractivity contribution is 14.0. The van der Waals surface area contributed by atoms with Crippen molar-refractivity contribution in [2.45, 2.75) is 13.0 Å². The Bertz CT molecular complexity index is 744. The molecule has 0 aliphatic carbocycles. The summed E-state index contributed by atoms with van der Waals surface area (Å²) in [6.45, 7) is 5.38. The monoisotopic (exact) mass is 498 g/mol. The number of aliphatic imine (C=N–C) groups is 1. The molecule has 0 saturated carbocycles. The van der Waals surface area contributed by atoms with Gasteiger partial charge in [0.2, 0.25) is 0 Å². The number of hydrogen-bond donors (Lipinski definition) is 1. The molecule has 1 aromatic carbocycles. The van der Waals surface area contributed by atoms with Gasteiger partial charge in [0.25, 0.3) is 5.91 Å². The van der Waals surface area contributed by atoms with Crippen LogP contribution >= 0.6 is 24.0 Å². The van der Waals surface area contributed by atoms with Gasteiger partial charge >= 0.3 is 0 Å². The quantitative estimate of drug-likeness (QED) is 0.390. The third-order valence-electron chi connectivity index (χ3n) is 4.44. The molecule has 0 radical (unpaired) electrons. The lowest BCUT2D eigenvalue weighted by molar-refractivity contribution is 0.0657. The Morgan fingerprint density at radius 2 is 1.82 bits per heavy atom. The number of piperazine rings is 1. The van der Waals surface area contributed by atoms with Crippen molar-refractivity contribution in [1.82, 2.24) is 15.1 Å². The van der Waals surface area contributed by atoms with Crippen molar-refractivity contribution >= 4 is 35.8 Å². The average molecular weight is 498 g/mol. The molecule has 2 heterocycles. The molecule has 1 unspecified atom stereocenters. The van der Waals surface area contributed by atoms with Crippen molar-refractivity contribution in [3.63, 3.8) is 0 Å². The fourth-order valence-corrected chi connectivity index (χ4v) is 3.02. The van der Waals surface area contributed by atoms with E-state index in [2.05, 4.69) is 15.2 Å². The Hall–Kier alpha value is -2.23. The van der Waals surface area contributed by atoms with Crippen LogP contribution < -0.4 is 10.1 Å². The molecule has 7 nitrogen and oxygen atoms in total. The van der Waals surface area contributed by atoms with Crippen molar-refractivity contribution in [2.75, 3.05) is 39.8 Å². The maximum Gasteiger partial charge on any atom is 0.289 e. The smallest absolute Gasteiger partial charge is 0.289 e. The number of guanidine groups is 1. The molecule has 1 N–H and O–H groups in total. The number of halogens is 1. The molecule has 1 aliphatic heterocycles. The van der Waals surface area contributed by atoms with Crippen molar-refractivity contribution in [1.29, 1.82) is 0 Å². The molecule has 1 aromatic heterocycles. The van der Waals surface area contributed by atoms with E-state index in [-0.39, 0.29) is 36.0 Å². The minimum atomic E-state index is -0.0625. The van der Waals surface area contributed by atoms with E-state index in [9.17, 15) is 4.79 Å². The van der Waals surface area contributed by atoms with Gasteiger partial charge in [0.15, 0.2) is 11.7 Å². The summed E-state index contributed by atoms with van der Waals surface area (Å²) in [4.78, 5) is 20.7. The first-order valence-corrected chi connectivity index (χ1v) is 9.17. The summed E-state index contributed by atoms with van der Waals surface area (Å²) >= 11 is 0. The van der Waals surface area contributed by atoms with Gasteiger partial charge in [-0.15, -0.1) is 24.0 Å². The summed E-state index contributed by atoms with van der Waals surface area (Å²) in [5.74, 6) is 2.00. The summed E-state index contributed by atoms with van der Waals surface area (Å²) in [6, 6.07) is 13.2. The number of nitrogens with zero attached hydrogens (tertiary/aromatic N) is 3. The normalized spacial score (nSPS) is 15.6. The van der Waals surface area contributed by atoms with Crippen LogP contribution in [0.5, 0.6) is 5.75 Å². The van der Waals surface area contributed by atoms with E-state index in [1.165, 1.54) is 6.26 Å². The van der Waals surface area contributed by atoms with Crippen LogP contribution in [0.1, 0.15) is 17.5 Å². The molecule has 3 rings (SSSR count). The van der Waals surface area contributed by atoms with Gasteiger partial charge in [0.05, 0.1) is 12.8 Å². The lowest BCUT2D eigenvalue weighted by Gasteiger charge is -2.36. The van der Waals surface area contributed by atoms with Crippen molar-refractivity contribution < 1.29 is 13.9 Å². The maximum absolute atomic E-state index is 12.3. The number of carbonyl (C=O) groups excluding carboxylic acids is 1. The average Bonchev–Trinajstić information content (AvgIpc) is 3.24. The number of rotatable bonds is 5. The molecule has 1 amide bonds. The van der Waals surface area contributed by atoms with E-state index in [0.717, 1.165) is 24.8 Å². The molecule has 0 spiro atoms. The Morgan fingerprint density at radius 1 is 1.14 bits per heavy atom. The summed E-state index contributed by atoms with van der Waals surface area (Å²) in [5.41, 5.74) is 0. The van der Waals surface area contributed by atoms with Crippen LogP contribution in [-0.4, -0.2) is 67.5 Å². The van der Waals surface area contributed by atoms with Gasteiger partial charge in [-0.2, -0.15) is 0 Å². The predicted molar refractivity (Wildman–Crippen MR) is 119 cm³/mol. The van der Waals surface area contributed by atoms with Crippen LogP contribution in [0.2, 0.25) is 0 Å². The molecule has 1 saturated heterocycles. The van der Waals surface area contributed by atoms with E-state index in [0.29, 0.717) is 25.4 Å². The maximum atomic E-state index is 12.3. The fraction of sp³-hybridized carbons (Fsp3) is 0.400. The highest BCUT2D eigenvalue weighted by atomic mass is 127. The van der Waals surface area contributed by atoms with Gasteiger partial charge in [-0.25, -0.2) is 0 Å². The number of amides is 1. The van der Waals surface area contributed by atoms with Crippen LogP contribution in [0.25, 0.3) is 0 Å². The van der Waals surface area contributed by atoms with Crippen LogP contribution in [0.15, 0.2) is 58.1 Å². The molecular formula is C20H27IN4O3. The molecule has 1 atom stereocenters. The zero-order chi connectivity index (χ0) is 19.1. The Kier molecular flexibility index (Phi) is 8.62. The molecular weight excluding hydrogens is 471 g/mol. The highest BCUT2D eigenvalue weighted by Crippen LogP contribution is 2.11. The Labute approximate surface area is 182 Å². The first kappa shape index (κ1) is 22.1. The zero-order valence-corrected chi connectivity index (χ0v) is 18.5. The van der Waals surface area contributed by atoms with Gasteiger partial charge in [-0.1, -0.05) is 18.2 Å². The van der Waals surface area contributed by atoms with Gasteiger partial charge in [0, 0.05) is 33.2 Å². The topological polar surface area (TPSA) is 70.3 Å². The highest BCUT2D eigenvalue weighted by Gasteiger charge is 2.25. The lowest BCUT2D eigenvalue weighted by Crippen LogP contribution is -2.54. The van der Waals surface area contributed by atoms with Crippen molar-refractivity contribution in [2.24, 2.45) is 4.99 Å². The standard InChI is InChI=1S/C20H26N4O3.HI/c1-16(27-17-7-4-3-5-8-17)15-22-20(21-2)24-12-10-23(11-13-24)19(25)18-9-6-14-26-18;/h3-9,14,16H,10-13,15H2,1-2H3,(H,21,22);1H. The van der Waals surface area contributed by atoms with Crippen molar-refractivity contribution in [3.05, 3.63) is 54.5 Å². The van der Waals surface area contributed by atoms with Gasteiger partial charge in [-0.05, 0) is 31.2 Å². The number of para-hydroxylation sites is 1. The Balaban J connectivity index is 0.00000280. The van der Waals surface area contributed by atoms with E-state index in [1.54, 1.807) is 19.2 Å². The minimum absolute atomic E-state index is 0. The second-order valence-corrected chi connectivity index (χ2v) is 6.43. The van der Waals surface area contributed by atoms with Crippen LogP contribution in [-0.2, 0) is 0 Å². The third-order valence-corrected chi connectivity index (χ3v) is 4.44. The number of hydrogen-bond acceptors (Lipinski definition) is 4. The lowest BCUT2D eigenvalue weighted by atomic mass is 10.3. The molecule has 2 aromatic rings. The van der Waals surface area contributed by atoms with E-state index in [4.69, 9.17) is 9.15 Å². The first-order valence-electron chi connectivity index (χ1n) is 9.17. The second-order valence-electron chi connectivity index (χ2n) is 6.43.